The van der Waals surface area contributed by atoms with E-state index in [2.05, 4.69) is 61.3 Å². The van der Waals surface area contributed by atoms with E-state index in [9.17, 15) is 35.9 Å². The quantitative estimate of drug-likeness (QED) is 0.0921. The molecule has 2 heterocycles. The van der Waals surface area contributed by atoms with E-state index in [0.717, 1.165) is 96.0 Å². The third kappa shape index (κ3) is 12.8. The minimum Gasteiger partial charge on any atom is -0.469 e. The number of halogens is 6. The first-order valence-corrected chi connectivity index (χ1v) is 23.9. The second kappa shape index (κ2) is 20.7. The molecule has 0 saturated heterocycles. The van der Waals surface area contributed by atoms with Crippen molar-refractivity contribution in [3.63, 3.8) is 0 Å². The van der Waals surface area contributed by atoms with Crippen molar-refractivity contribution in [2.24, 2.45) is 22.7 Å². The van der Waals surface area contributed by atoms with Gasteiger partial charge < -0.3 is 29.2 Å². The lowest BCUT2D eigenvalue weighted by Gasteiger charge is -2.40. The lowest BCUT2D eigenvalue weighted by molar-refractivity contribution is -0.141. The van der Waals surface area contributed by atoms with E-state index in [-0.39, 0.29) is 47.7 Å². The summed E-state index contributed by atoms with van der Waals surface area (Å²) in [7, 11) is 2.75. The van der Waals surface area contributed by atoms with Gasteiger partial charge >= 0.3 is 24.3 Å². The molecule has 10 nitrogen and oxygen atoms in total. The number of ether oxygens (including phenoxy) is 2. The Labute approximate surface area is 405 Å². The van der Waals surface area contributed by atoms with Gasteiger partial charge in [0.05, 0.1) is 47.4 Å². The van der Waals surface area contributed by atoms with Crippen LogP contribution < -0.4 is 10.6 Å². The van der Waals surface area contributed by atoms with Crippen LogP contribution >= 0.6 is 0 Å². The summed E-state index contributed by atoms with van der Waals surface area (Å²) < 4.78 is 92.0. The number of rotatable bonds is 12. The number of methoxy groups -OCH3 is 2. The van der Waals surface area contributed by atoms with Crippen molar-refractivity contribution in [3.05, 3.63) is 107 Å². The number of carbonyl (C=O) groups is 2. The molecular weight excluding hydrogens is 911 g/mol. The lowest BCUT2D eigenvalue weighted by Crippen LogP contribution is -2.29. The zero-order valence-electron chi connectivity index (χ0n) is 41.2. The predicted octanol–water partition coefficient (Wildman–Crippen LogP) is 14.6. The molecule has 8 rings (SSSR count). The van der Waals surface area contributed by atoms with Crippen molar-refractivity contribution in [2.45, 2.75) is 130 Å². The van der Waals surface area contributed by atoms with Crippen molar-refractivity contribution in [2.75, 3.05) is 24.9 Å². The minimum absolute atomic E-state index is 0.172. The Hall–Kier alpha value is -6.06. The zero-order chi connectivity index (χ0) is 50.8. The Morgan fingerprint density at radius 3 is 1.26 bits per heavy atom. The van der Waals surface area contributed by atoms with Gasteiger partial charge in [0.1, 0.15) is 0 Å². The molecule has 6 aromatic rings. The fourth-order valence-corrected chi connectivity index (χ4v) is 10.9. The summed E-state index contributed by atoms with van der Waals surface area (Å²) in [5, 5.41) is 6.54. The van der Waals surface area contributed by atoms with Gasteiger partial charge in [-0.3, -0.25) is 9.59 Å². The first-order valence-electron chi connectivity index (χ1n) is 23.9. The van der Waals surface area contributed by atoms with Crippen LogP contribution in [0.15, 0.2) is 84.9 Å². The van der Waals surface area contributed by atoms with E-state index >= 15 is 0 Å². The standard InChI is InChI=1S/2C27H32F3N3O2/c2*1-17-13-21(16-26(2,3)15-17)33-23-11-5-18(6-12-24(34)35-4)14-22(23)32-25(33)31-20-9-7-19(8-10-20)27(28,29)30/h2*5,7-11,14,17,21H,6,12-13,15-16H2,1-4H3,(H,31,32)/t2*17-,21+/m10/s1. The summed E-state index contributed by atoms with van der Waals surface area (Å²) >= 11 is 0. The topological polar surface area (TPSA) is 112 Å². The van der Waals surface area contributed by atoms with Gasteiger partial charge in [-0.2, -0.15) is 26.3 Å². The third-order valence-electron chi connectivity index (χ3n) is 13.6. The molecule has 2 aliphatic rings. The molecule has 4 atom stereocenters. The highest BCUT2D eigenvalue weighted by Gasteiger charge is 2.37. The second-order valence-electron chi connectivity index (χ2n) is 20.9. The van der Waals surface area contributed by atoms with Gasteiger partial charge in [-0.25, -0.2) is 9.97 Å². The number of hydrogen-bond acceptors (Lipinski definition) is 8. The second-order valence-corrected chi connectivity index (χ2v) is 20.9. The molecule has 2 fully saturated rings. The largest absolute Gasteiger partial charge is 0.469 e. The Balaban J connectivity index is 0.000000206. The molecule has 0 unspecified atom stereocenters. The van der Waals surface area contributed by atoms with Crippen LogP contribution in [-0.2, 0) is 44.3 Å². The van der Waals surface area contributed by atoms with Gasteiger partial charge in [-0.15, -0.1) is 0 Å². The Morgan fingerprint density at radius 1 is 0.586 bits per heavy atom. The van der Waals surface area contributed by atoms with E-state index < -0.39 is 23.5 Å². The monoisotopic (exact) mass is 974 g/mol. The maximum Gasteiger partial charge on any atom is 0.416 e. The molecule has 0 aliphatic heterocycles. The normalized spacial score (nSPS) is 20.1. The average molecular weight is 975 g/mol. The maximum atomic E-state index is 13.0. The molecular formula is C54H64F6N6O4. The number of anilines is 4. The lowest BCUT2D eigenvalue weighted by atomic mass is 9.70. The molecule has 0 spiro atoms. The predicted molar refractivity (Wildman–Crippen MR) is 261 cm³/mol. The van der Waals surface area contributed by atoms with Gasteiger partial charge in [0, 0.05) is 36.3 Å². The molecule has 0 radical (unpaired) electrons. The van der Waals surface area contributed by atoms with E-state index in [0.29, 0.717) is 47.9 Å². The van der Waals surface area contributed by atoms with Crippen molar-refractivity contribution in [3.8, 4) is 0 Å². The van der Waals surface area contributed by atoms with Crippen molar-refractivity contribution in [1.29, 1.82) is 0 Å². The molecule has 2 aromatic heterocycles. The number of imidazole rings is 2. The maximum absolute atomic E-state index is 13.0. The number of nitrogens with one attached hydrogen (secondary N) is 2. The fourth-order valence-electron chi connectivity index (χ4n) is 10.9. The average Bonchev–Trinajstić information content (AvgIpc) is 3.82. The van der Waals surface area contributed by atoms with E-state index in [1.54, 1.807) is 0 Å². The van der Waals surface area contributed by atoms with Crippen molar-refractivity contribution in [1.82, 2.24) is 19.1 Å². The van der Waals surface area contributed by atoms with Gasteiger partial charge in [-0.05, 0) is 158 Å². The summed E-state index contributed by atoms with van der Waals surface area (Å²) in [6.07, 6.45) is -0.835. The van der Waals surface area contributed by atoms with Crippen LogP contribution in [-0.4, -0.2) is 45.3 Å². The Kier molecular flexibility index (Phi) is 15.3. The third-order valence-corrected chi connectivity index (χ3v) is 13.6. The number of benzene rings is 4. The van der Waals surface area contributed by atoms with Crippen LogP contribution in [0.1, 0.15) is 127 Å². The van der Waals surface area contributed by atoms with Gasteiger partial charge in [-0.1, -0.05) is 53.7 Å². The number of carbonyl (C=O) groups excluding carboxylic acids is 2. The van der Waals surface area contributed by atoms with Crippen LogP contribution in [0.4, 0.5) is 49.6 Å². The summed E-state index contributed by atoms with van der Waals surface area (Å²) in [6.45, 7) is 13.7. The number of nitrogens with zero attached hydrogens (tertiary/aromatic N) is 4. The fraction of sp³-hybridized carbons (Fsp3) is 0.481. The van der Waals surface area contributed by atoms with Crippen LogP contribution in [0, 0.1) is 22.7 Å². The van der Waals surface area contributed by atoms with Crippen LogP contribution in [0.2, 0.25) is 0 Å². The van der Waals surface area contributed by atoms with Crippen molar-refractivity contribution < 1.29 is 45.4 Å². The molecule has 0 amide bonds. The Morgan fingerprint density at radius 2 is 0.943 bits per heavy atom. The number of aryl methyl sites for hydroxylation is 2. The first kappa shape index (κ1) is 51.8. The summed E-state index contributed by atoms with van der Waals surface area (Å²) in [6, 6.07) is 22.5. The van der Waals surface area contributed by atoms with Crippen LogP contribution in [0.3, 0.4) is 0 Å². The molecule has 376 valence electrons. The molecule has 2 saturated carbocycles. The summed E-state index contributed by atoms with van der Waals surface area (Å²) in [5.41, 5.74) is 5.53. The highest BCUT2D eigenvalue weighted by molar-refractivity contribution is 5.82. The molecule has 4 aromatic carbocycles. The van der Waals surface area contributed by atoms with E-state index in [1.165, 1.54) is 38.5 Å². The van der Waals surface area contributed by atoms with Gasteiger partial charge in [0.2, 0.25) is 11.9 Å². The summed E-state index contributed by atoms with van der Waals surface area (Å²) in [5.74, 6) is 1.77. The number of aromatic nitrogens is 4. The molecule has 16 heteroatoms. The number of alkyl halides is 6. The highest BCUT2D eigenvalue weighted by Crippen LogP contribution is 2.48. The van der Waals surface area contributed by atoms with Gasteiger partial charge in [0.25, 0.3) is 0 Å². The molecule has 2 N–H and O–H groups in total. The smallest absolute Gasteiger partial charge is 0.416 e. The Bertz CT molecular complexity index is 2590. The number of hydrogen-bond donors (Lipinski definition) is 2. The molecule has 70 heavy (non-hydrogen) atoms. The molecule has 2 aliphatic carbocycles. The summed E-state index contributed by atoms with van der Waals surface area (Å²) in [4.78, 5) is 32.8. The van der Waals surface area contributed by atoms with Crippen LogP contribution in [0.5, 0.6) is 0 Å². The zero-order valence-corrected chi connectivity index (χ0v) is 41.2. The van der Waals surface area contributed by atoms with Crippen molar-refractivity contribution >= 4 is 57.3 Å². The first-order chi connectivity index (χ1) is 32.9. The molecule has 0 bridgehead atoms. The number of esters is 2. The van der Waals surface area contributed by atoms with E-state index in [1.807, 2.05) is 36.4 Å². The highest BCUT2D eigenvalue weighted by atomic mass is 19.4. The SMILES string of the molecule is COC(=O)CCc1ccc2c(c1)nc(Nc1ccc(C(F)(F)F)cc1)n2[C@@H]1C[C@H](C)CC(C)(C)C1.COC(=O)CCc1ccc2c(c1)nc(Nc1ccc(C(F)(F)F)cc1)n2[C@H]1C[C@@H](C)CC(C)(C)C1. The minimum atomic E-state index is -4.38. The van der Waals surface area contributed by atoms with Crippen LogP contribution in [0.25, 0.3) is 22.1 Å². The number of fused-ring (bicyclic) bond motifs is 2. The van der Waals surface area contributed by atoms with E-state index in [4.69, 9.17) is 19.4 Å². The van der Waals surface area contributed by atoms with Gasteiger partial charge in [0.15, 0.2) is 0 Å².